The molecule has 1 aromatic heterocycles. The highest BCUT2D eigenvalue weighted by atomic mass is 16.6. The Balaban J connectivity index is 1.41. The molecule has 7 heteroatoms. The van der Waals surface area contributed by atoms with Crippen molar-refractivity contribution in [3.05, 3.63) is 22.5 Å². The molecule has 1 spiro atoms. The number of likely N-dealkylation sites (N-methyl/N-ethyl adjacent to an activating group) is 1. The van der Waals surface area contributed by atoms with Crippen LogP contribution in [0.2, 0.25) is 0 Å². The third kappa shape index (κ3) is 3.68. The van der Waals surface area contributed by atoms with E-state index in [1.165, 1.54) is 0 Å². The molecule has 1 unspecified atom stereocenters. The molecule has 1 aromatic rings. The predicted octanol–water partition coefficient (Wildman–Crippen LogP) is 2.72. The molecular weight excluding hydrogens is 382 g/mol. The first-order valence-corrected chi connectivity index (χ1v) is 11.3. The molecule has 1 aliphatic carbocycles. The van der Waals surface area contributed by atoms with Crippen LogP contribution in [0.1, 0.15) is 77.6 Å². The summed E-state index contributed by atoms with van der Waals surface area (Å²) in [4.78, 5) is 45.4. The van der Waals surface area contributed by atoms with Gasteiger partial charge in [-0.05, 0) is 58.2 Å². The highest BCUT2D eigenvalue weighted by Gasteiger charge is 2.51. The van der Waals surface area contributed by atoms with Crippen LogP contribution in [0.5, 0.6) is 0 Å². The predicted molar refractivity (Wildman–Crippen MR) is 113 cm³/mol. The highest BCUT2D eigenvalue weighted by Crippen LogP contribution is 2.43. The summed E-state index contributed by atoms with van der Waals surface area (Å²) in [5, 5.41) is 0. The number of nitrogens with one attached hydrogen (secondary N) is 1. The number of fused-ring (bicyclic) bond motifs is 1. The second kappa shape index (κ2) is 8.17. The molecule has 0 aromatic carbocycles. The molecule has 0 bridgehead atoms. The van der Waals surface area contributed by atoms with Gasteiger partial charge in [-0.1, -0.05) is 6.92 Å². The number of amides is 1. The van der Waals surface area contributed by atoms with E-state index in [-0.39, 0.29) is 23.8 Å². The topological polar surface area (TPSA) is 82.7 Å². The van der Waals surface area contributed by atoms with Crippen molar-refractivity contribution in [2.24, 2.45) is 5.41 Å². The molecule has 2 saturated heterocycles. The Morgan fingerprint density at radius 2 is 2.00 bits per heavy atom. The maximum atomic E-state index is 13.2. The van der Waals surface area contributed by atoms with Crippen LogP contribution in [0, 0.1) is 12.3 Å². The van der Waals surface area contributed by atoms with Crippen LogP contribution in [0.4, 0.5) is 0 Å². The van der Waals surface area contributed by atoms with E-state index < -0.39 is 5.41 Å². The fourth-order valence-corrected chi connectivity index (χ4v) is 5.45. The van der Waals surface area contributed by atoms with Crippen LogP contribution >= 0.6 is 0 Å². The number of aryl methyl sites for hydroxylation is 1. The van der Waals surface area contributed by atoms with E-state index >= 15 is 0 Å². The standard InChI is InChI=1S/C23H33N3O4/c1-4-10-25(3)14-16-13-23(22(29)30-16)8-11-26(12-9-23)21(28)20-15(2)19-17(24-20)6-5-7-18(19)27/h16,24H,4-14H2,1-3H3. The van der Waals surface area contributed by atoms with Crippen molar-refractivity contribution >= 4 is 17.7 Å². The van der Waals surface area contributed by atoms with Crippen molar-refractivity contribution in [3.8, 4) is 0 Å². The fraction of sp³-hybridized carbons (Fsp3) is 0.696. The number of aromatic nitrogens is 1. The van der Waals surface area contributed by atoms with Gasteiger partial charge in [0.2, 0.25) is 0 Å². The molecule has 0 saturated carbocycles. The molecule has 4 rings (SSSR count). The summed E-state index contributed by atoms with van der Waals surface area (Å²) in [5.74, 6) is -0.0220. The number of Topliss-reactive ketones (excluding diaryl/α,β-unsaturated/α-hetero) is 1. The minimum atomic E-state index is -0.450. The maximum absolute atomic E-state index is 13.2. The highest BCUT2D eigenvalue weighted by molar-refractivity contribution is 6.04. The van der Waals surface area contributed by atoms with Gasteiger partial charge < -0.3 is 19.5 Å². The summed E-state index contributed by atoms with van der Waals surface area (Å²) in [6.07, 6.45) is 5.26. The Morgan fingerprint density at radius 1 is 1.27 bits per heavy atom. The summed E-state index contributed by atoms with van der Waals surface area (Å²) >= 11 is 0. The van der Waals surface area contributed by atoms with Gasteiger partial charge in [-0.15, -0.1) is 0 Å². The van der Waals surface area contributed by atoms with E-state index in [4.69, 9.17) is 4.74 Å². The van der Waals surface area contributed by atoms with E-state index in [1.807, 2.05) is 11.8 Å². The fourth-order valence-electron chi connectivity index (χ4n) is 5.45. The van der Waals surface area contributed by atoms with Gasteiger partial charge in [-0.25, -0.2) is 0 Å². The molecule has 7 nitrogen and oxygen atoms in total. The van der Waals surface area contributed by atoms with E-state index in [2.05, 4.69) is 23.9 Å². The van der Waals surface area contributed by atoms with Crippen molar-refractivity contribution in [2.75, 3.05) is 33.2 Å². The lowest BCUT2D eigenvalue weighted by molar-refractivity contribution is -0.150. The molecule has 2 fully saturated rings. The van der Waals surface area contributed by atoms with Crippen molar-refractivity contribution in [1.82, 2.24) is 14.8 Å². The Morgan fingerprint density at radius 3 is 2.67 bits per heavy atom. The molecule has 30 heavy (non-hydrogen) atoms. The Labute approximate surface area is 178 Å². The summed E-state index contributed by atoms with van der Waals surface area (Å²) in [7, 11) is 2.06. The lowest BCUT2D eigenvalue weighted by Crippen LogP contribution is -2.45. The average molecular weight is 416 g/mol. The molecule has 3 aliphatic rings. The number of aromatic amines is 1. The third-order valence-corrected chi connectivity index (χ3v) is 7.10. The Bertz CT molecular complexity index is 851. The molecule has 2 aliphatic heterocycles. The molecular formula is C23H33N3O4. The van der Waals surface area contributed by atoms with E-state index in [1.54, 1.807) is 0 Å². The number of carbonyl (C=O) groups excluding carboxylic acids is 3. The SMILES string of the molecule is CCCN(C)CC1CC2(CCN(C(=O)c3[nH]c4c(c3C)C(=O)CCC4)CC2)C(=O)O1. The number of ether oxygens (including phenoxy) is 1. The molecule has 1 amide bonds. The quantitative estimate of drug-likeness (QED) is 0.748. The first-order valence-electron chi connectivity index (χ1n) is 11.3. The summed E-state index contributed by atoms with van der Waals surface area (Å²) in [6, 6.07) is 0. The second-order valence-electron chi connectivity index (χ2n) is 9.32. The lowest BCUT2D eigenvalue weighted by atomic mass is 9.76. The monoisotopic (exact) mass is 415 g/mol. The number of H-pyrrole nitrogens is 1. The largest absolute Gasteiger partial charge is 0.461 e. The minimum absolute atomic E-state index is 0.0558. The van der Waals surface area contributed by atoms with Crippen molar-refractivity contribution in [1.29, 1.82) is 0 Å². The van der Waals surface area contributed by atoms with Crippen molar-refractivity contribution < 1.29 is 19.1 Å². The summed E-state index contributed by atoms with van der Waals surface area (Å²) in [6.45, 7) is 6.86. The van der Waals surface area contributed by atoms with Crippen LogP contribution in [-0.2, 0) is 16.0 Å². The number of piperidine rings is 1. The number of ketones is 1. The number of esters is 1. The van der Waals surface area contributed by atoms with Crippen molar-refractivity contribution in [3.63, 3.8) is 0 Å². The number of nitrogens with zero attached hydrogens (tertiary/aromatic N) is 2. The van der Waals surface area contributed by atoms with Gasteiger partial charge in [0.1, 0.15) is 11.8 Å². The van der Waals surface area contributed by atoms with Crippen LogP contribution in [0.15, 0.2) is 0 Å². The number of cyclic esters (lactones) is 1. The summed E-state index contributed by atoms with van der Waals surface area (Å²) < 4.78 is 5.71. The zero-order valence-electron chi connectivity index (χ0n) is 18.4. The second-order valence-corrected chi connectivity index (χ2v) is 9.32. The van der Waals surface area contributed by atoms with E-state index in [9.17, 15) is 14.4 Å². The van der Waals surface area contributed by atoms with Gasteiger partial charge in [0, 0.05) is 43.7 Å². The van der Waals surface area contributed by atoms with Crippen LogP contribution in [0.3, 0.4) is 0 Å². The average Bonchev–Trinajstić information content (AvgIpc) is 3.20. The lowest BCUT2D eigenvalue weighted by Gasteiger charge is -2.36. The van der Waals surface area contributed by atoms with Gasteiger partial charge in [0.15, 0.2) is 5.78 Å². The molecule has 0 radical (unpaired) electrons. The first-order chi connectivity index (χ1) is 14.3. The number of hydrogen-bond donors (Lipinski definition) is 1. The van der Waals surface area contributed by atoms with Crippen LogP contribution in [0.25, 0.3) is 0 Å². The van der Waals surface area contributed by atoms with Gasteiger partial charge in [-0.2, -0.15) is 0 Å². The zero-order valence-corrected chi connectivity index (χ0v) is 18.4. The van der Waals surface area contributed by atoms with E-state index in [0.717, 1.165) is 55.6 Å². The number of hydrogen-bond acceptors (Lipinski definition) is 5. The van der Waals surface area contributed by atoms with Crippen LogP contribution < -0.4 is 0 Å². The van der Waals surface area contributed by atoms with Gasteiger partial charge in [0.25, 0.3) is 5.91 Å². The third-order valence-electron chi connectivity index (χ3n) is 7.10. The molecule has 164 valence electrons. The van der Waals surface area contributed by atoms with Gasteiger partial charge >= 0.3 is 5.97 Å². The first kappa shape index (κ1) is 21.1. The molecule has 3 heterocycles. The smallest absolute Gasteiger partial charge is 0.312 e. The number of carbonyl (C=O) groups is 3. The number of rotatable bonds is 5. The molecule has 1 atom stereocenters. The molecule has 1 N–H and O–H groups in total. The minimum Gasteiger partial charge on any atom is -0.461 e. The maximum Gasteiger partial charge on any atom is 0.312 e. The Kier molecular flexibility index (Phi) is 5.75. The van der Waals surface area contributed by atoms with Crippen LogP contribution in [-0.4, -0.2) is 71.8 Å². The Hall–Kier alpha value is -2.15. The van der Waals surface area contributed by atoms with Gasteiger partial charge in [0.05, 0.1) is 5.41 Å². The van der Waals surface area contributed by atoms with Gasteiger partial charge in [-0.3, -0.25) is 14.4 Å². The number of likely N-dealkylation sites (tertiary alicyclic amines) is 1. The normalized spacial score (nSPS) is 23.2. The zero-order chi connectivity index (χ0) is 21.5. The van der Waals surface area contributed by atoms with Crippen molar-refractivity contribution in [2.45, 2.75) is 64.9 Å². The summed E-state index contributed by atoms with van der Waals surface area (Å²) in [5.41, 5.74) is 2.49. The van der Waals surface area contributed by atoms with E-state index in [0.29, 0.717) is 38.0 Å².